The first-order valence-corrected chi connectivity index (χ1v) is 11.1. The van der Waals surface area contributed by atoms with Crippen molar-refractivity contribution in [1.82, 2.24) is 5.32 Å². The van der Waals surface area contributed by atoms with E-state index in [0.717, 1.165) is 44.5 Å². The van der Waals surface area contributed by atoms with Gasteiger partial charge in [-0.1, -0.05) is 31.2 Å². The van der Waals surface area contributed by atoms with Gasteiger partial charge in [0.1, 0.15) is 5.75 Å². The summed E-state index contributed by atoms with van der Waals surface area (Å²) in [6.45, 7) is 4.73. The highest BCUT2D eigenvalue weighted by Gasteiger charge is 2.20. The number of hydrogen-bond acceptors (Lipinski definition) is 3. The zero-order valence-corrected chi connectivity index (χ0v) is 17.5. The van der Waals surface area contributed by atoms with Gasteiger partial charge < -0.3 is 15.0 Å². The predicted molar refractivity (Wildman–Crippen MR) is 118 cm³/mol. The molecule has 29 heavy (non-hydrogen) atoms. The van der Waals surface area contributed by atoms with Gasteiger partial charge >= 0.3 is 0 Å². The van der Waals surface area contributed by atoms with Crippen LogP contribution in [0.4, 0.5) is 5.69 Å². The van der Waals surface area contributed by atoms with Crippen LogP contribution < -0.4 is 15.0 Å². The van der Waals surface area contributed by atoms with Crippen LogP contribution in [0.1, 0.15) is 49.3 Å². The molecule has 2 aromatic carbocycles. The number of carbonyl (C=O) groups is 1. The van der Waals surface area contributed by atoms with Gasteiger partial charge in [-0.3, -0.25) is 4.79 Å². The summed E-state index contributed by atoms with van der Waals surface area (Å²) in [5, 5.41) is 3.07. The van der Waals surface area contributed by atoms with E-state index in [-0.39, 0.29) is 5.91 Å². The number of ether oxygens (including phenoxy) is 1. The lowest BCUT2D eigenvalue weighted by Gasteiger charge is -2.21. The molecule has 0 saturated carbocycles. The third-order valence-electron chi connectivity index (χ3n) is 6.15. The largest absolute Gasteiger partial charge is 0.481 e. The van der Waals surface area contributed by atoms with E-state index in [0.29, 0.717) is 13.0 Å². The van der Waals surface area contributed by atoms with E-state index >= 15 is 0 Å². The number of nitrogens with zero attached hydrogens (tertiary/aromatic N) is 1. The molecule has 0 spiro atoms. The molecule has 1 N–H and O–H groups in total. The lowest BCUT2D eigenvalue weighted by Crippen LogP contribution is -2.39. The minimum Gasteiger partial charge on any atom is -0.481 e. The van der Waals surface area contributed by atoms with E-state index in [1.807, 2.05) is 13.0 Å². The summed E-state index contributed by atoms with van der Waals surface area (Å²) in [6.07, 6.45) is 7.10. The highest BCUT2D eigenvalue weighted by Crippen LogP contribution is 2.27. The third-order valence-corrected chi connectivity index (χ3v) is 6.15. The lowest BCUT2D eigenvalue weighted by atomic mass is 9.92. The fourth-order valence-electron chi connectivity index (χ4n) is 4.50. The summed E-state index contributed by atoms with van der Waals surface area (Å²) in [5.74, 6) is 0.813. The average molecular weight is 393 g/mol. The van der Waals surface area contributed by atoms with E-state index < -0.39 is 6.10 Å². The molecule has 4 heteroatoms. The number of benzene rings is 2. The van der Waals surface area contributed by atoms with Gasteiger partial charge in [0.2, 0.25) is 0 Å². The monoisotopic (exact) mass is 392 g/mol. The average Bonchev–Trinajstić information content (AvgIpc) is 3.18. The fourth-order valence-corrected chi connectivity index (χ4v) is 4.50. The summed E-state index contributed by atoms with van der Waals surface area (Å²) in [5.41, 5.74) is 5.60. The molecule has 4 rings (SSSR count). The molecule has 4 nitrogen and oxygen atoms in total. The number of hydrogen-bond donors (Lipinski definition) is 1. The predicted octanol–water partition coefficient (Wildman–Crippen LogP) is 4.29. The Labute approximate surface area is 174 Å². The Morgan fingerprint density at radius 3 is 2.76 bits per heavy atom. The zero-order valence-electron chi connectivity index (χ0n) is 17.5. The van der Waals surface area contributed by atoms with Crippen molar-refractivity contribution in [3.05, 3.63) is 59.2 Å². The molecule has 2 aromatic rings. The number of aryl methyl sites for hydroxylation is 2. The van der Waals surface area contributed by atoms with Crippen LogP contribution in [0.3, 0.4) is 0 Å². The van der Waals surface area contributed by atoms with Crippen LogP contribution in [0.15, 0.2) is 42.5 Å². The Kier molecular flexibility index (Phi) is 6.38. The van der Waals surface area contributed by atoms with Crippen LogP contribution in [0.5, 0.6) is 5.75 Å². The first-order chi connectivity index (χ1) is 14.2. The van der Waals surface area contributed by atoms with Gasteiger partial charge in [-0.2, -0.15) is 0 Å². The molecular formula is C25H32N2O2. The van der Waals surface area contributed by atoms with Gasteiger partial charge in [0.05, 0.1) is 0 Å². The second-order valence-corrected chi connectivity index (χ2v) is 8.16. The second-order valence-electron chi connectivity index (χ2n) is 8.16. The van der Waals surface area contributed by atoms with E-state index in [4.69, 9.17) is 4.74 Å². The molecule has 1 amide bonds. The molecule has 0 saturated heterocycles. The number of anilines is 1. The minimum absolute atomic E-state index is 0.00737. The molecule has 1 heterocycles. The van der Waals surface area contributed by atoms with Crippen LogP contribution >= 0.6 is 0 Å². The number of amides is 1. The highest BCUT2D eigenvalue weighted by atomic mass is 16.5. The molecule has 0 radical (unpaired) electrons. The lowest BCUT2D eigenvalue weighted by molar-refractivity contribution is -0.128. The summed E-state index contributed by atoms with van der Waals surface area (Å²) in [4.78, 5) is 15.0. The zero-order chi connectivity index (χ0) is 20.1. The van der Waals surface area contributed by atoms with Gasteiger partial charge in [0.15, 0.2) is 6.10 Å². The van der Waals surface area contributed by atoms with Crippen LogP contribution in [-0.4, -0.2) is 31.6 Å². The first kappa shape index (κ1) is 19.8. The number of rotatable bonds is 8. The Morgan fingerprint density at radius 2 is 1.90 bits per heavy atom. The maximum absolute atomic E-state index is 12.6. The maximum Gasteiger partial charge on any atom is 0.261 e. The Balaban J connectivity index is 1.24. The van der Waals surface area contributed by atoms with Crippen molar-refractivity contribution in [1.29, 1.82) is 0 Å². The molecule has 2 aliphatic rings. The fraction of sp³-hybridized carbons (Fsp3) is 0.480. The Bertz CT molecular complexity index is 848. The van der Waals surface area contributed by atoms with Gasteiger partial charge in [0, 0.05) is 25.3 Å². The standard InChI is InChI=1S/C25H32N2O2/c1-2-24(29-22-13-12-19-8-3-4-10-21(19)18-22)25(28)26-15-7-16-27-17-14-20-9-5-6-11-23(20)27/h5-6,9,11-13,18,24H,2-4,7-8,10,14-17H2,1H3,(H,26,28)/t24-/m1/s1. The molecular weight excluding hydrogens is 360 g/mol. The quantitative estimate of drug-likeness (QED) is 0.682. The number of nitrogens with one attached hydrogen (secondary N) is 1. The third kappa shape index (κ3) is 4.75. The first-order valence-electron chi connectivity index (χ1n) is 11.1. The van der Waals surface area contributed by atoms with Crippen molar-refractivity contribution >= 4 is 11.6 Å². The SMILES string of the molecule is CC[C@@H](Oc1ccc2c(c1)CCCC2)C(=O)NCCCN1CCc2ccccc21. The summed E-state index contributed by atoms with van der Waals surface area (Å²) < 4.78 is 6.05. The molecule has 1 aliphatic heterocycles. The van der Waals surface area contributed by atoms with Gasteiger partial charge in [0.25, 0.3) is 5.91 Å². The molecule has 0 unspecified atom stereocenters. The Hall–Kier alpha value is -2.49. The van der Waals surface area contributed by atoms with E-state index in [1.54, 1.807) is 0 Å². The summed E-state index contributed by atoms with van der Waals surface area (Å²) in [6, 6.07) is 14.9. The van der Waals surface area contributed by atoms with Gasteiger partial charge in [-0.15, -0.1) is 0 Å². The summed E-state index contributed by atoms with van der Waals surface area (Å²) >= 11 is 0. The second kappa shape index (κ2) is 9.34. The van der Waals surface area contributed by atoms with Crippen LogP contribution in [0, 0.1) is 0 Å². The highest BCUT2D eigenvalue weighted by molar-refractivity contribution is 5.81. The number of para-hydroxylation sites is 1. The van der Waals surface area contributed by atoms with Crippen molar-refractivity contribution in [2.45, 2.75) is 58.0 Å². The Morgan fingerprint density at radius 1 is 1.07 bits per heavy atom. The van der Waals surface area contributed by atoms with E-state index in [1.165, 1.54) is 35.2 Å². The molecule has 1 atom stereocenters. The van der Waals surface area contributed by atoms with Gasteiger partial charge in [-0.25, -0.2) is 0 Å². The molecule has 154 valence electrons. The smallest absolute Gasteiger partial charge is 0.261 e. The van der Waals surface area contributed by atoms with Crippen LogP contribution in [-0.2, 0) is 24.1 Å². The van der Waals surface area contributed by atoms with Crippen LogP contribution in [0.2, 0.25) is 0 Å². The van der Waals surface area contributed by atoms with Crippen molar-refractivity contribution < 1.29 is 9.53 Å². The van der Waals surface area contributed by atoms with Crippen molar-refractivity contribution in [2.75, 3.05) is 24.5 Å². The van der Waals surface area contributed by atoms with Crippen molar-refractivity contribution in [3.63, 3.8) is 0 Å². The minimum atomic E-state index is -0.427. The number of carbonyl (C=O) groups excluding carboxylic acids is 1. The topological polar surface area (TPSA) is 41.6 Å². The van der Waals surface area contributed by atoms with Gasteiger partial charge in [-0.05, 0) is 79.8 Å². The van der Waals surface area contributed by atoms with Crippen molar-refractivity contribution in [3.8, 4) is 5.75 Å². The van der Waals surface area contributed by atoms with Crippen molar-refractivity contribution in [2.24, 2.45) is 0 Å². The molecule has 0 fully saturated rings. The summed E-state index contributed by atoms with van der Waals surface area (Å²) in [7, 11) is 0. The van der Waals surface area contributed by atoms with Crippen LogP contribution in [0.25, 0.3) is 0 Å². The normalized spacial score (nSPS) is 16.1. The van der Waals surface area contributed by atoms with E-state index in [9.17, 15) is 4.79 Å². The molecule has 0 aromatic heterocycles. The number of fused-ring (bicyclic) bond motifs is 2. The van der Waals surface area contributed by atoms with E-state index in [2.05, 4.69) is 46.6 Å². The molecule has 1 aliphatic carbocycles. The molecule has 0 bridgehead atoms. The maximum atomic E-state index is 12.6.